The monoisotopic (exact) mass is 263 g/mol. The third kappa shape index (κ3) is 3.14. The first-order valence-corrected chi connectivity index (χ1v) is 7.88. The van der Waals surface area contributed by atoms with Crippen molar-refractivity contribution < 1.29 is 0 Å². The van der Waals surface area contributed by atoms with Gasteiger partial charge in [-0.15, -0.1) is 5.10 Å². The van der Waals surface area contributed by atoms with Gasteiger partial charge in [-0.1, -0.05) is 26.2 Å². The summed E-state index contributed by atoms with van der Waals surface area (Å²) < 4.78 is 2.10. The highest BCUT2D eigenvalue weighted by atomic mass is 15.6. The van der Waals surface area contributed by atoms with Crippen LogP contribution in [-0.2, 0) is 6.54 Å². The molecule has 0 amide bonds. The second-order valence-corrected chi connectivity index (χ2v) is 6.07. The number of hydrogen-bond donors (Lipinski definition) is 1. The Bertz CT molecular complexity index is 392. The van der Waals surface area contributed by atoms with Crippen LogP contribution >= 0.6 is 0 Å². The standard InChI is InChI=1S/C14H25N5/c1-2-13(11-6-4-3-5-7-11)19-14(16-17-18-19)10-15-12-8-9-12/h11-13,15H,2-10H2,1H3. The summed E-state index contributed by atoms with van der Waals surface area (Å²) in [6.07, 6.45) is 10.6. The lowest BCUT2D eigenvalue weighted by Crippen LogP contribution is -2.26. The minimum atomic E-state index is 0.492. The minimum absolute atomic E-state index is 0.492. The highest BCUT2D eigenvalue weighted by Crippen LogP contribution is 2.34. The third-order valence-electron chi connectivity index (χ3n) is 4.61. The molecule has 1 aromatic rings. The van der Waals surface area contributed by atoms with E-state index in [0.717, 1.165) is 24.7 Å². The molecule has 1 atom stereocenters. The zero-order valence-electron chi connectivity index (χ0n) is 11.9. The van der Waals surface area contributed by atoms with Crippen LogP contribution in [0, 0.1) is 5.92 Å². The van der Waals surface area contributed by atoms with Crippen LogP contribution < -0.4 is 5.32 Å². The van der Waals surface area contributed by atoms with Crippen molar-refractivity contribution in [2.75, 3.05) is 0 Å². The summed E-state index contributed by atoms with van der Waals surface area (Å²) in [6.45, 7) is 3.08. The lowest BCUT2D eigenvalue weighted by Gasteiger charge is -2.29. The molecule has 2 saturated carbocycles. The van der Waals surface area contributed by atoms with Crippen LogP contribution in [0.5, 0.6) is 0 Å². The first kappa shape index (κ1) is 13.0. The molecular weight excluding hydrogens is 238 g/mol. The predicted octanol–water partition coefficient (Wildman–Crippen LogP) is 2.46. The highest BCUT2D eigenvalue weighted by molar-refractivity contribution is 4.90. The Labute approximate surface area is 115 Å². The van der Waals surface area contributed by atoms with Crippen molar-refractivity contribution in [3.63, 3.8) is 0 Å². The summed E-state index contributed by atoms with van der Waals surface area (Å²) in [5.41, 5.74) is 0. The molecule has 106 valence electrons. The molecule has 0 aromatic carbocycles. The fourth-order valence-corrected chi connectivity index (χ4v) is 3.33. The normalized spacial score (nSPS) is 22.6. The van der Waals surface area contributed by atoms with E-state index in [-0.39, 0.29) is 0 Å². The maximum Gasteiger partial charge on any atom is 0.165 e. The van der Waals surface area contributed by atoms with Crippen molar-refractivity contribution in [1.82, 2.24) is 25.5 Å². The predicted molar refractivity (Wildman–Crippen MR) is 73.6 cm³/mol. The molecule has 3 rings (SSSR count). The smallest absolute Gasteiger partial charge is 0.165 e. The van der Waals surface area contributed by atoms with Gasteiger partial charge in [0.2, 0.25) is 0 Å². The zero-order chi connectivity index (χ0) is 13.1. The van der Waals surface area contributed by atoms with Crippen LogP contribution in [-0.4, -0.2) is 26.2 Å². The summed E-state index contributed by atoms with van der Waals surface area (Å²) in [4.78, 5) is 0. The summed E-state index contributed by atoms with van der Waals surface area (Å²) in [6, 6.07) is 1.20. The first-order valence-electron chi connectivity index (χ1n) is 7.88. The molecule has 0 saturated heterocycles. The average molecular weight is 263 g/mol. The second kappa shape index (κ2) is 5.99. The molecular formula is C14H25N5. The van der Waals surface area contributed by atoms with Gasteiger partial charge >= 0.3 is 0 Å². The average Bonchev–Trinajstić information content (AvgIpc) is 3.18. The van der Waals surface area contributed by atoms with E-state index in [9.17, 15) is 0 Å². The van der Waals surface area contributed by atoms with E-state index in [1.54, 1.807) is 0 Å². The maximum atomic E-state index is 4.28. The molecule has 1 unspecified atom stereocenters. The van der Waals surface area contributed by atoms with Gasteiger partial charge in [-0.3, -0.25) is 0 Å². The molecule has 2 aliphatic carbocycles. The van der Waals surface area contributed by atoms with Gasteiger partial charge in [0.15, 0.2) is 5.82 Å². The number of rotatable bonds is 6. The number of nitrogens with one attached hydrogen (secondary N) is 1. The molecule has 0 bridgehead atoms. The van der Waals surface area contributed by atoms with Gasteiger partial charge in [-0.25, -0.2) is 4.68 Å². The van der Waals surface area contributed by atoms with Crippen molar-refractivity contribution >= 4 is 0 Å². The molecule has 1 N–H and O–H groups in total. The van der Waals surface area contributed by atoms with Crippen LogP contribution in [0.3, 0.4) is 0 Å². The number of tetrazole rings is 1. The van der Waals surface area contributed by atoms with E-state index < -0.39 is 0 Å². The maximum absolute atomic E-state index is 4.28. The Morgan fingerprint density at radius 1 is 1.21 bits per heavy atom. The van der Waals surface area contributed by atoms with E-state index in [1.807, 2.05) is 0 Å². The molecule has 5 nitrogen and oxygen atoms in total. The molecule has 0 spiro atoms. The van der Waals surface area contributed by atoms with Crippen LogP contribution in [0.15, 0.2) is 0 Å². The van der Waals surface area contributed by atoms with E-state index in [1.165, 1.54) is 44.9 Å². The largest absolute Gasteiger partial charge is 0.307 e. The van der Waals surface area contributed by atoms with Gasteiger partial charge in [0.05, 0.1) is 12.6 Å². The molecule has 1 aromatic heterocycles. The number of nitrogens with zero attached hydrogens (tertiary/aromatic N) is 4. The molecule has 19 heavy (non-hydrogen) atoms. The summed E-state index contributed by atoms with van der Waals surface area (Å²) >= 11 is 0. The summed E-state index contributed by atoms with van der Waals surface area (Å²) in [7, 11) is 0. The zero-order valence-corrected chi connectivity index (χ0v) is 11.9. The Morgan fingerprint density at radius 3 is 2.68 bits per heavy atom. The van der Waals surface area contributed by atoms with Crippen molar-refractivity contribution in [1.29, 1.82) is 0 Å². The van der Waals surface area contributed by atoms with E-state index in [2.05, 4.69) is 32.4 Å². The van der Waals surface area contributed by atoms with Gasteiger partial charge in [0.25, 0.3) is 0 Å². The van der Waals surface area contributed by atoms with Crippen LogP contribution in [0.4, 0.5) is 0 Å². The van der Waals surface area contributed by atoms with Gasteiger partial charge < -0.3 is 5.32 Å². The van der Waals surface area contributed by atoms with E-state index in [4.69, 9.17) is 0 Å². The van der Waals surface area contributed by atoms with Crippen molar-refractivity contribution in [3.8, 4) is 0 Å². The Kier molecular flexibility index (Phi) is 4.11. The lowest BCUT2D eigenvalue weighted by molar-refractivity contribution is 0.221. The van der Waals surface area contributed by atoms with Crippen LogP contribution in [0.1, 0.15) is 70.2 Å². The molecule has 0 radical (unpaired) electrons. The Hall–Kier alpha value is -0.970. The molecule has 2 aliphatic rings. The SMILES string of the molecule is CCC(C1CCCCC1)n1nnnc1CNC1CC1. The van der Waals surface area contributed by atoms with Crippen LogP contribution in [0.25, 0.3) is 0 Å². The second-order valence-electron chi connectivity index (χ2n) is 6.07. The molecule has 5 heteroatoms. The van der Waals surface area contributed by atoms with Crippen molar-refractivity contribution in [2.24, 2.45) is 5.92 Å². The van der Waals surface area contributed by atoms with Gasteiger partial charge in [-0.2, -0.15) is 0 Å². The fourth-order valence-electron chi connectivity index (χ4n) is 3.33. The van der Waals surface area contributed by atoms with E-state index in [0.29, 0.717) is 12.1 Å². The van der Waals surface area contributed by atoms with Crippen molar-refractivity contribution in [3.05, 3.63) is 5.82 Å². The van der Waals surface area contributed by atoms with Gasteiger partial charge in [-0.05, 0) is 48.4 Å². The molecule has 1 heterocycles. The first-order chi connectivity index (χ1) is 9.38. The number of hydrogen-bond acceptors (Lipinski definition) is 4. The topological polar surface area (TPSA) is 55.6 Å². The number of aromatic nitrogens is 4. The van der Waals surface area contributed by atoms with E-state index >= 15 is 0 Å². The van der Waals surface area contributed by atoms with Crippen molar-refractivity contribution in [2.45, 2.75) is 76.9 Å². The minimum Gasteiger partial charge on any atom is -0.307 e. The molecule has 0 aliphatic heterocycles. The fraction of sp³-hybridized carbons (Fsp3) is 0.929. The van der Waals surface area contributed by atoms with Crippen LogP contribution in [0.2, 0.25) is 0 Å². The summed E-state index contributed by atoms with van der Waals surface area (Å²) in [5, 5.41) is 15.9. The third-order valence-corrected chi connectivity index (χ3v) is 4.61. The molecule has 2 fully saturated rings. The Balaban J connectivity index is 1.68. The Morgan fingerprint density at radius 2 is 2.00 bits per heavy atom. The quantitative estimate of drug-likeness (QED) is 0.856. The lowest BCUT2D eigenvalue weighted by atomic mass is 9.83. The highest BCUT2D eigenvalue weighted by Gasteiger charge is 2.27. The summed E-state index contributed by atoms with van der Waals surface area (Å²) in [5.74, 6) is 1.78. The van der Waals surface area contributed by atoms with Gasteiger partial charge in [0, 0.05) is 6.04 Å². The van der Waals surface area contributed by atoms with Gasteiger partial charge in [0.1, 0.15) is 0 Å².